The Hall–Kier alpha value is -2.10. The number of nitrogens with zero attached hydrogens (tertiary/aromatic N) is 2. The topological polar surface area (TPSA) is 63.8 Å². The first-order chi connectivity index (χ1) is 7.25. The zero-order valence-corrected chi connectivity index (χ0v) is 8.44. The van der Waals surface area contributed by atoms with Gasteiger partial charge in [-0.15, -0.1) is 0 Å². The highest BCUT2D eigenvalue weighted by Crippen LogP contribution is 2.17. The van der Waals surface area contributed by atoms with Crippen molar-refractivity contribution < 1.29 is 0 Å². The Balaban J connectivity index is 2.25. The molecule has 0 aliphatic heterocycles. The summed E-state index contributed by atoms with van der Waals surface area (Å²) in [4.78, 5) is 8.35. The molecular weight excluding hydrogens is 188 g/mol. The fraction of sp³-hybridized carbons (Fsp3) is 0.0909. The van der Waals surface area contributed by atoms with Crippen LogP contribution in [0.4, 0.5) is 17.3 Å². The number of nitrogens with two attached hydrogens (primary N) is 1. The van der Waals surface area contributed by atoms with Crippen LogP contribution < -0.4 is 11.1 Å². The molecule has 4 nitrogen and oxygen atoms in total. The fourth-order valence-corrected chi connectivity index (χ4v) is 1.29. The summed E-state index contributed by atoms with van der Waals surface area (Å²) >= 11 is 0. The average molecular weight is 200 g/mol. The second-order valence-electron chi connectivity index (χ2n) is 3.27. The highest BCUT2D eigenvalue weighted by atomic mass is 15.1. The van der Waals surface area contributed by atoms with E-state index in [-0.39, 0.29) is 0 Å². The minimum absolute atomic E-state index is 0.666. The molecule has 0 radical (unpaired) electrons. The van der Waals surface area contributed by atoms with Gasteiger partial charge >= 0.3 is 0 Å². The molecule has 0 saturated heterocycles. The second kappa shape index (κ2) is 3.96. The van der Waals surface area contributed by atoms with Crippen LogP contribution in [0.25, 0.3) is 0 Å². The molecular formula is C11H12N4. The van der Waals surface area contributed by atoms with E-state index in [9.17, 15) is 0 Å². The van der Waals surface area contributed by atoms with Gasteiger partial charge in [-0.3, -0.25) is 0 Å². The molecule has 4 heteroatoms. The van der Waals surface area contributed by atoms with Crippen molar-refractivity contribution in [1.29, 1.82) is 0 Å². The van der Waals surface area contributed by atoms with E-state index >= 15 is 0 Å². The highest BCUT2D eigenvalue weighted by Gasteiger charge is 2.00. The van der Waals surface area contributed by atoms with E-state index in [4.69, 9.17) is 5.73 Å². The van der Waals surface area contributed by atoms with Crippen molar-refractivity contribution in [2.24, 2.45) is 0 Å². The molecule has 0 unspecified atom stereocenters. The summed E-state index contributed by atoms with van der Waals surface area (Å²) in [6, 6.07) is 7.55. The standard InChI is InChI=1S/C11H12N4/c1-8-6-9(12)7-14-11(8)15-10-4-2-3-5-13-10/h2-7H,12H2,1H3,(H,13,14,15). The van der Waals surface area contributed by atoms with Crippen molar-refractivity contribution in [3.05, 3.63) is 42.2 Å². The number of hydrogen-bond acceptors (Lipinski definition) is 4. The average Bonchev–Trinajstić information content (AvgIpc) is 2.24. The fourth-order valence-electron chi connectivity index (χ4n) is 1.29. The zero-order chi connectivity index (χ0) is 10.7. The molecule has 3 N–H and O–H groups in total. The van der Waals surface area contributed by atoms with Gasteiger partial charge in [0.2, 0.25) is 0 Å². The lowest BCUT2D eigenvalue weighted by Crippen LogP contribution is -1.99. The third kappa shape index (κ3) is 2.22. The maximum atomic E-state index is 5.61. The number of anilines is 3. The van der Waals surface area contributed by atoms with Gasteiger partial charge in [0.25, 0.3) is 0 Å². The summed E-state index contributed by atoms with van der Waals surface area (Å²) < 4.78 is 0. The molecule has 76 valence electrons. The maximum Gasteiger partial charge on any atom is 0.134 e. The smallest absolute Gasteiger partial charge is 0.134 e. The summed E-state index contributed by atoms with van der Waals surface area (Å²) in [5, 5.41) is 3.12. The van der Waals surface area contributed by atoms with Crippen molar-refractivity contribution in [2.75, 3.05) is 11.1 Å². The Kier molecular flexibility index (Phi) is 2.49. The quantitative estimate of drug-likeness (QED) is 0.779. The van der Waals surface area contributed by atoms with E-state index in [2.05, 4.69) is 15.3 Å². The van der Waals surface area contributed by atoms with Gasteiger partial charge in [0.05, 0.1) is 11.9 Å². The van der Waals surface area contributed by atoms with Gasteiger partial charge in [0.15, 0.2) is 0 Å². The lowest BCUT2D eigenvalue weighted by molar-refractivity contribution is 1.22. The Morgan fingerprint density at radius 3 is 2.80 bits per heavy atom. The zero-order valence-electron chi connectivity index (χ0n) is 8.44. The molecule has 0 saturated carbocycles. The predicted molar refractivity (Wildman–Crippen MR) is 60.9 cm³/mol. The van der Waals surface area contributed by atoms with Gasteiger partial charge in [-0.1, -0.05) is 6.07 Å². The van der Waals surface area contributed by atoms with Crippen LogP contribution >= 0.6 is 0 Å². The number of aryl methyl sites for hydroxylation is 1. The molecule has 0 aromatic carbocycles. The summed E-state index contributed by atoms with van der Waals surface area (Å²) in [5.41, 5.74) is 7.28. The minimum atomic E-state index is 0.666. The summed E-state index contributed by atoms with van der Waals surface area (Å²) in [5.74, 6) is 1.56. The van der Waals surface area contributed by atoms with E-state index in [0.29, 0.717) is 5.69 Å². The molecule has 2 aromatic heterocycles. The van der Waals surface area contributed by atoms with Crippen LogP contribution in [0.15, 0.2) is 36.7 Å². The number of nitrogens with one attached hydrogen (secondary N) is 1. The minimum Gasteiger partial charge on any atom is -0.397 e. The Bertz CT molecular complexity index is 453. The van der Waals surface area contributed by atoms with Crippen LogP contribution in [-0.2, 0) is 0 Å². The number of hydrogen-bond donors (Lipinski definition) is 2. The maximum absolute atomic E-state index is 5.61. The van der Waals surface area contributed by atoms with E-state index in [1.807, 2.05) is 31.2 Å². The lowest BCUT2D eigenvalue weighted by Gasteiger charge is -2.07. The van der Waals surface area contributed by atoms with Gasteiger partial charge in [0, 0.05) is 6.20 Å². The van der Waals surface area contributed by atoms with Crippen LogP contribution in [0.2, 0.25) is 0 Å². The summed E-state index contributed by atoms with van der Waals surface area (Å²) in [6.07, 6.45) is 3.35. The van der Waals surface area contributed by atoms with E-state index < -0.39 is 0 Å². The SMILES string of the molecule is Cc1cc(N)cnc1Nc1ccccn1. The number of aromatic nitrogens is 2. The van der Waals surface area contributed by atoms with Crippen LogP contribution in [0.1, 0.15) is 5.56 Å². The molecule has 0 spiro atoms. The van der Waals surface area contributed by atoms with Crippen molar-refractivity contribution in [3.63, 3.8) is 0 Å². The first-order valence-electron chi connectivity index (χ1n) is 4.66. The Labute approximate surface area is 88.2 Å². The van der Waals surface area contributed by atoms with Crippen molar-refractivity contribution in [3.8, 4) is 0 Å². The van der Waals surface area contributed by atoms with Crippen molar-refractivity contribution in [1.82, 2.24) is 9.97 Å². The molecule has 0 aliphatic rings. The normalized spacial score (nSPS) is 9.93. The van der Waals surface area contributed by atoms with Gasteiger partial charge < -0.3 is 11.1 Å². The Morgan fingerprint density at radius 1 is 1.27 bits per heavy atom. The van der Waals surface area contributed by atoms with Crippen LogP contribution in [-0.4, -0.2) is 9.97 Å². The largest absolute Gasteiger partial charge is 0.397 e. The van der Waals surface area contributed by atoms with Gasteiger partial charge in [-0.25, -0.2) is 9.97 Å². The Morgan fingerprint density at radius 2 is 2.13 bits per heavy atom. The molecule has 0 aliphatic carbocycles. The number of nitrogen functional groups attached to an aromatic ring is 1. The second-order valence-corrected chi connectivity index (χ2v) is 3.27. The van der Waals surface area contributed by atoms with Gasteiger partial charge in [-0.05, 0) is 30.7 Å². The lowest BCUT2D eigenvalue weighted by atomic mass is 10.2. The van der Waals surface area contributed by atoms with Crippen LogP contribution in [0, 0.1) is 6.92 Å². The molecule has 0 fully saturated rings. The molecule has 2 heterocycles. The summed E-state index contributed by atoms with van der Waals surface area (Å²) in [6.45, 7) is 1.95. The van der Waals surface area contributed by atoms with E-state index in [1.165, 1.54) is 0 Å². The van der Waals surface area contributed by atoms with Gasteiger partial charge in [0.1, 0.15) is 11.6 Å². The predicted octanol–water partition coefficient (Wildman–Crippen LogP) is 2.11. The first-order valence-corrected chi connectivity index (χ1v) is 4.66. The summed E-state index contributed by atoms with van der Waals surface area (Å²) in [7, 11) is 0. The van der Waals surface area contributed by atoms with Crippen LogP contribution in [0.5, 0.6) is 0 Å². The molecule has 0 bridgehead atoms. The van der Waals surface area contributed by atoms with E-state index in [1.54, 1.807) is 12.4 Å². The van der Waals surface area contributed by atoms with E-state index in [0.717, 1.165) is 17.2 Å². The van der Waals surface area contributed by atoms with Gasteiger partial charge in [-0.2, -0.15) is 0 Å². The monoisotopic (exact) mass is 200 g/mol. The van der Waals surface area contributed by atoms with Crippen molar-refractivity contribution in [2.45, 2.75) is 6.92 Å². The third-order valence-electron chi connectivity index (χ3n) is 2.01. The third-order valence-corrected chi connectivity index (χ3v) is 2.01. The number of rotatable bonds is 2. The van der Waals surface area contributed by atoms with Crippen LogP contribution in [0.3, 0.4) is 0 Å². The molecule has 2 aromatic rings. The molecule has 2 rings (SSSR count). The molecule has 0 amide bonds. The first kappa shape index (κ1) is 9.45. The molecule has 15 heavy (non-hydrogen) atoms. The molecule has 0 atom stereocenters. The number of pyridine rings is 2. The van der Waals surface area contributed by atoms with Crippen molar-refractivity contribution >= 4 is 17.3 Å². The highest BCUT2D eigenvalue weighted by molar-refractivity contribution is 5.58.